The number of hydrogen-bond acceptors (Lipinski definition) is 3. The lowest BCUT2D eigenvalue weighted by atomic mass is 10.1. The molecule has 2 N–H and O–H groups in total. The molecule has 0 radical (unpaired) electrons. The Kier molecular flexibility index (Phi) is 3.64. The van der Waals surface area contributed by atoms with Gasteiger partial charge in [-0.25, -0.2) is 0 Å². The van der Waals surface area contributed by atoms with Crippen molar-refractivity contribution in [2.45, 2.75) is 25.4 Å². The van der Waals surface area contributed by atoms with Crippen molar-refractivity contribution in [2.24, 2.45) is 0 Å². The van der Waals surface area contributed by atoms with Crippen LogP contribution in [0.25, 0.3) is 0 Å². The molecule has 92 valence electrons. The minimum Gasteiger partial charge on any atom is -0.481 e. The fraction of sp³-hybridized carbons (Fsp3) is 0.462. The van der Waals surface area contributed by atoms with Crippen molar-refractivity contribution in [1.29, 1.82) is 0 Å². The Balaban J connectivity index is 2.06. The molecule has 0 aliphatic carbocycles. The van der Waals surface area contributed by atoms with Crippen LogP contribution >= 0.6 is 0 Å². The molecule has 1 unspecified atom stereocenters. The summed E-state index contributed by atoms with van der Waals surface area (Å²) in [6.07, 6.45) is 0.174. The zero-order chi connectivity index (χ0) is 12.3. The minimum absolute atomic E-state index is 0.0245. The number of anilines is 1. The van der Waals surface area contributed by atoms with Gasteiger partial charge in [-0.1, -0.05) is 18.2 Å². The second-order valence-electron chi connectivity index (χ2n) is 4.60. The average Bonchev–Trinajstić information content (AvgIpc) is 2.28. The first-order chi connectivity index (χ1) is 8.15. The molecular formula is C13H18N2O2. The summed E-state index contributed by atoms with van der Waals surface area (Å²) in [4.78, 5) is 13.0. The van der Waals surface area contributed by atoms with Crippen LogP contribution in [0.1, 0.15) is 13.3 Å². The standard InChI is InChI=1S/C13H18N2O2/c1-10-8-15(12-5-3-2-4-6-12)9-11(14-10)7-13(16)17/h2-6,10-11,14H,7-9H2,1H3,(H,16,17)/t10-,11?/m0/s1. The smallest absolute Gasteiger partial charge is 0.304 e. The van der Waals surface area contributed by atoms with Crippen LogP contribution in [-0.4, -0.2) is 36.2 Å². The van der Waals surface area contributed by atoms with Crippen LogP contribution in [0.4, 0.5) is 5.69 Å². The van der Waals surface area contributed by atoms with Gasteiger partial charge < -0.3 is 15.3 Å². The van der Waals surface area contributed by atoms with E-state index < -0.39 is 5.97 Å². The Hall–Kier alpha value is -1.55. The van der Waals surface area contributed by atoms with E-state index >= 15 is 0 Å². The third-order valence-corrected chi connectivity index (χ3v) is 3.00. The monoisotopic (exact) mass is 234 g/mol. The van der Waals surface area contributed by atoms with Crippen molar-refractivity contribution in [3.63, 3.8) is 0 Å². The molecule has 4 nitrogen and oxygen atoms in total. The highest BCUT2D eigenvalue weighted by Gasteiger charge is 2.25. The van der Waals surface area contributed by atoms with Crippen molar-refractivity contribution in [3.8, 4) is 0 Å². The van der Waals surface area contributed by atoms with Gasteiger partial charge in [-0.05, 0) is 19.1 Å². The number of hydrogen-bond donors (Lipinski definition) is 2. The van der Waals surface area contributed by atoms with E-state index in [0.717, 1.165) is 18.8 Å². The first kappa shape index (κ1) is 11.9. The molecular weight excluding hydrogens is 216 g/mol. The average molecular weight is 234 g/mol. The molecule has 0 bridgehead atoms. The summed E-state index contributed by atoms with van der Waals surface area (Å²) >= 11 is 0. The lowest BCUT2D eigenvalue weighted by molar-refractivity contribution is -0.137. The van der Waals surface area contributed by atoms with Gasteiger partial charge in [0.25, 0.3) is 0 Å². The minimum atomic E-state index is -0.746. The molecule has 1 aromatic carbocycles. The summed E-state index contributed by atoms with van der Waals surface area (Å²) in [7, 11) is 0. The molecule has 0 aromatic heterocycles. The molecule has 1 aromatic rings. The van der Waals surface area contributed by atoms with Crippen molar-refractivity contribution >= 4 is 11.7 Å². The number of rotatable bonds is 3. The number of nitrogens with zero attached hydrogens (tertiary/aromatic N) is 1. The highest BCUT2D eigenvalue weighted by atomic mass is 16.4. The van der Waals surface area contributed by atoms with Crippen LogP contribution in [0, 0.1) is 0 Å². The van der Waals surface area contributed by atoms with Gasteiger partial charge in [0, 0.05) is 30.9 Å². The molecule has 2 atom stereocenters. The summed E-state index contributed by atoms with van der Waals surface area (Å²) in [5.41, 5.74) is 1.16. The highest BCUT2D eigenvalue weighted by molar-refractivity contribution is 5.67. The van der Waals surface area contributed by atoms with Gasteiger partial charge >= 0.3 is 5.97 Å². The van der Waals surface area contributed by atoms with Crippen LogP contribution in [0.5, 0.6) is 0 Å². The predicted octanol–water partition coefficient (Wildman–Crippen LogP) is 1.33. The predicted molar refractivity (Wildman–Crippen MR) is 67.3 cm³/mol. The first-order valence-corrected chi connectivity index (χ1v) is 5.93. The number of para-hydroxylation sites is 1. The fourth-order valence-corrected chi connectivity index (χ4v) is 2.36. The SMILES string of the molecule is C[C@H]1CN(c2ccccc2)CC(CC(=O)O)N1. The van der Waals surface area contributed by atoms with Crippen molar-refractivity contribution in [1.82, 2.24) is 5.32 Å². The highest BCUT2D eigenvalue weighted by Crippen LogP contribution is 2.17. The lowest BCUT2D eigenvalue weighted by Gasteiger charge is -2.38. The van der Waals surface area contributed by atoms with Gasteiger partial charge in [-0.15, -0.1) is 0 Å². The molecule has 1 aliphatic heterocycles. The van der Waals surface area contributed by atoms with Crippen LogP contribution in [0.3, 0.4) is 0 Å². The molecule has 17 heavy (non-hydrogen) atoms. The summed E-state index contributed by atoms with van der Waals surface area (Å²) in [5, 5.41) is 12.2. The number of piperazine rings is 1. The zero-order valence-electron chi connectivity index (χ0n) is 9.97. The van der Waals surface area contributed by atoms with Gasteiger partial charge in [0.15, 0.2) is 0 Å². The Morgan fingerprint density at radius 1 is 1.41 bits per heavy atom. The lowest BCUT2D eigenvalue weighted by Crippen LogP contribution is -2.56. The van der Waals surface area contributed by atoms with Crippen LogP contribution in [-0.2, 0) is 4.79 Å². The van der Waals surface area contributed by atoms with Crippen molar-refractivity contribution in [3.05, 3.63) is 30.3 Å². The van der Waals surface area contributed by atoms with E-state index in [1.807, 2.05) is 18.2 Å². The van der Waals surface area contributed by atoms with Crippen LogP contribution in [0.15, 0.2) is 30.3 Å². The third-order valence-electron chi connectivity index (χ3n) is 3.00. The third kappa shape index (κ3) is 3.20. The Morgan fingerprint density at radius 2 is 2.12 bits per heavy atom. The summed E-state index contributed by atoms with van der Waals surface area (Å²) in [5.74, 6) is -0.746. The molecule has 0 amide bonds. The van der Waals surface area contributed by atoms with Gasteiger partial charge in [-0.2, -0.15) is 0 Å². The molecule has 1 fully saturated rings. The van der Waals surface area contributed by atoms with Gasteiger partial charge in [0.2, 0.25) is 0 Å². The number of aliphatic carboxylic acids is 1. The molecule has 2 rings (SSSR count). The number of carboxylic acid groups (broad SMARTS) is 1. The fourth-order valence-electron chi connectivity index (χ4n) is 2.36. The van der Waals surface area contributed by atoms with E-state index in [2.05, 4.69) is 29.3 Å². The van der Waals surface area contributed by atoms with Crippen LogP contribution in [0.2, 0.25) is 0 Å². The largest absolute Gasteiger partial charge is 0.481 e. The molecule has 1 saturated heterocycles. The number of carboxylic acids is 1. The van der Waals surface area contributed by atoms with Crippen LogP contribution < -0.4 is 10.2 Å². The maximum atomic E-state index is 10.8. The van der Waals surface area contributed by atoms with E-state index in [9.17, 15) is 4.79 Å². The Bertz CT molecular complexity index is 380. The van der Waals surface area contributed by atoms with E-state index in [1.165, 1.54) is 0 Å². The molecule has 4 heteroatoms. The molecule has 1 heterocycles. The summed E-state index contributed by atoms with van der Waals surface area (Å²) < 4.78 is 0. The maximum Gasteiger partial charge on any atom is 0.304 e. The number of carbonyl (C=O) groups is 1. The maximum absolute atomic E-state index is 10.8. The topological polar surface area (TPSA) is 52.6 Å². The number of benzene rings is 1. The first-order valence-electron chi connectivity index (χ1n) is 5.93. The van der Waals surface area contributed by atoms with Gasteiger partial charge in [-0.3, -0.25) is 4.79 Å². The van der Waals surface area contributed by atoms with Gasteiger partial charge in [0.05, 0.1) is 6.42 Å². The second kappa shape index (κ2) is 5.19. The van der Waals surface area contributed by atoms with Crippen molar-refractivity contribution in [2.75, 3.05) is 18.0 Å². The normalized spacial score (nSPS) is 24.6. The summed E-state index contributed by atoms with van der Waals surface area (Å²) in [6.45, 7) is 3.75. The van der Waals surface area contributed by atoms with E-state index in [-0.39, 0.29) is 12.5 Å². The second-order valence-corrected chi connectivity index (χ2v) is 4.60. The summed E-state index contributed by atoms with van der Waals surface area (Å²) in [6, 6.07) is 10.5. The quantitative estimate of drug-likeness (QED) is 0.828. The van der Waals surface area contributed by atoms with E-state index in [4.69, 9.17) is 5.11 Å². The number of nitrogens with one attached hydrogen (secondary N) is 1. The van der Waals surface area contributed by atoms with E-state index in [0.29, 0.717) is 6.04 Å². The Morgan fingerprint density at radius 3 is 2.76 bits per heavy atom. The molecule has 0 spiro atoms. The van der Waals surface area contributed by atoms with Gasteiger partial charge in [0.1, 0.15) is 0 Å². The zero-order valence-corrected chi connectivity index (χ0v) is 9.97. The van der Waals surface area contributed by atoms with E-state index in [1.54, 1.807) is 0 Å². The Labute approximate surface area is 101 Å². The van der Waals surface area contributed by atoms with Crippen molar-refractivity contribution < 1.29 is 9.90 Å². The molecule has 1 aliphatic rings. The molecule has 0 saturated carbocycles.